The quantitative estimate of drug-likeness (QED) is 0.729. The topological polar surface area (TPSA) is 78.4 Å². The molecule has 7 heteroatoms. The number of piperazine rings is 1. The summed E-state index contributed by atoms with van der Waals surface area (Å²) in [4.78, 5) is 37.3. The lowest BCUT2D eigenvalue weighted by Crippen LogP contribution is -2.51. The van der Waals surface area contributed by atoms with Crippen LogP contribution >= 0.6 is 0 Å². The molecule has 1 aliphatic rings. The molecule has 1 N–H and O–H groups in total. The monoisotopic (exact) mass is 401 g/mol. The first kappa shape index (κ1) is 19.6. The van der Waals surface area contributed by atoms with E-state index in [0.717, 1.165) is 11.3 Å². The Kier molecular flexibility index (Phi) is 5.70. The Morgan fingerprint density at radius 2 is 1.53 bits per heavy atom. The average molecular weight is 401 g/mol. The van der Waals surface area contributed by atoms with Crippen LogP contribution in [0.2, 0.25) is 0 Å². The fraction of sp³-hybridized carbons (Fsp3) is 0.217. The summed E-state index contributed by atoms with van der Waals surface area (Å²) >= 11 is 0. The second-order valence-corrected chi connectivity index (χ2v) is 7.17. The number of carbonyl (C=O) groups excluding carboxylic acids is 2. The van der Waals surface area contributed by atoms with Gasteiger partial charge < -0.3 is 15.1 Å². The minimum absolute atomic E-state index is 0.00427. The van der Waals surface area contributed by atoms with E-state index in [1.165, 1.54) is 0 Å². The molecule has 2 heterocycles. The van der Waals surface area contributed by atoms with Gasteiger partial charge in [-0.2, -0.15) is 0 Å². The molecule has 7 nitrogen and oxygen atoms in total. The summed E-state index contributed by atoms with van der Waals surface area (Å²) in [6.07, 6.45) is 1.73. The van der Waals surface area contributed by atoms with Gasteiger partial charge in [-0.15, -0.1) is 0 Å². The lowest BCUT2D eigenvalue weighted by Gasteiger charge is -2.34. The average Bonchev–Trinajstić information content (AvgIpc) is 2.80. The molecule has 152 valence electrons. The highest BCUT2D eigenvalue weighted by molar-refractivity contribution is 5.94. The molecule has 0 spiro atoms. The minimum atomic E-state index is -0.165. The normalized spacial score (nSPS) is 13.8. The third-order valence-corrected chi connectivity index (χ3v) is 5.06. The Morgan fingerprint density at radius 1 is 0.867 bits per heavy atom. The summed E-state index contributed by atoms with van der Waals surface area (Å²) < 4.78 is 0. The van der Waals surface area contributed by atoms with Crippen molar-refractivity contribution < 1.29 is 9.59 Å². The number of nitrogens with one attached hydrogen (secondary N) is 1. The molecule has 0 saturated carbocycles. The zero-order valence-electron chi connectivity index (χ0n) is 16.8. The molecule has 0 unspecified atom stereocenters. The van der Waals surface area contributed by atoms with Gasteiger partial charge in [-0.3, -0.25) is 4.79 Å². The van der Waals surface area contributed by atoms with E-state index in [1.54, 1.807) is 16.0 Å². The maximum atomic E-state index is 12.6. The zero-order chi connectivity index (χ0) is 20.9. The SMILES string of the molecule is Cc1ccnc(-c2ccc(NC(=O)N3CCN(C(=O)c4ccccc4)CC3)cc2)n1. The molecule has 1 aliphatic heterocycles. The van der Waals surface area contributed by atoms with Crippen molar-refractivity contribution >= 4 is 17.6 Å². The third-order valence-electron chi connectivity index (χ3n) is 5.06. The van der Waals surface area contributed by atoms with E-state index in [-0.39, 0.29) is 11.9 Å². The maximum Gasteiger partial charge on any atom is 0.321 e. The number of benzene rings is 2. The number of carbonyl (C=O) groups is 2. The molecule has 2 aromatic carbocycles. The zero-order valence-corrected chi connectivity index (χ0v) is 16.8. The van der Waals surface area contributed by atoms with E-state index < -0.39 is 0 Å². The van der Waals surface area contributed by atoms with Crippen LogP contribution in [0.5, 0.6) is 0 Å². The number of urea groups is 1. The summed E-state index contributed by atoms with van der Waals surface area (Å²) in [5, 5.41) is 2.92. The predicted octanol–water partition coefficient (Wildman–Crippen LogP) is 3.44. The smallest absolute Gasteiger partial charge is 0.321 e. The summed E-state index contributed by atoms with van der Waals surface area (Å²) in [7, 11) is 0. The van der Waals surface area contributed by atoms with Crippen LogP contribution in [-0.4, -0.2) is 57.9 Å². The van der Waals surface area contributed by atoms with Crippen molar-refractivity contribution in [2.45, 2.75) is 6.92 Å². The van der Waals surface area contributed by atoms with Gasteiger partial charge in [-0.1, -0.05) is 18.2 Å². The third kappa shape index (κ3) is 4.46. The van der Waals surface area contributed by atoms with E-state index in [4.69, 9.17) is 0 Å². The first-order chi connectivity index (χ1) is 14.6. The summed E-state index contributed by atoms with van der Waals surface area (Å²) in [6.45, 7) is 3.96. The summed E-state index contributed by atoms with van der Waals surface area (Å²) in [5.41, 5.74) is 3.18. The fourth-order valence-corrected chi connectivity index (χ4v) is 3.37. The van der Waals surface area contributed by atoms with Gasteiger partial charge in [0.2, 0.25) is 0 Å². The van der Waals surface area contributed by atoms with Crippen LogP contribution in [0.1, 0.15) is 16.1 Å². The number of aryl methyl sites for hydroxylation is 1. The van der Waals surface area contributed by atoms with E-state index in [1.807, 2.05) is 67.6 Å². The van der Waals surface area contributed by atoms with E-state index in [2.05, 4.69) is 15.3 Å². The van der Waals surface area contributed by atoms with Gasteiger partial charge in [-0.25, -0.2) is 14.8 Å². The van der Waals surface area contributed by atoms with Crippen LogP contribution < -0.4 is 5.32 Å². The molecule has 30 heavy (non-hydrogen) atoms. The van der Waals surface area contributed by atoms with E-state index in [0.29, 0.717) is 43.3 Å². The van der Waals surface area contributed by atoms with Gasteiger partial charge in [-0.05, 0) is 49.4 Å². The van der Waals surface area contributed by atoms with Crippen molar-refractivity contribution in [2.75, 3.05) is 31.5 Å². The summed E-state index contributed by atoms with van der Waals surface area (Å²) in [6, 6.07) is 18.4. The second kappa shape index (κ2) is 8.73. The molecule has 1 aromatic heterocycles. The summed E-state index contributed by atoms with van der Waals surface area (Å²) in [5.74, 6) is 0.664. The van der Waals surface area contributed by atoms with Crippen LogP contribution in [0.25, 0.3) is 11.4 Å². The molecule has 0 radical (unpaired) electrons. The minimum Gasteiger partial charge on any atom is -0.335 e. The van der Waals surface area contributed by atoms with Gasteiger partial charge in [0.1, 0.15) is 0 Å². The van der Waals surface area contributed by atoms with Crippen LogP contribution in [0.15, 0.2) is 66.9 Å². The van der Waals surface area contributed by atoms with Crippen molar-refractivity contribution in [2.24, 2.45) is 0 Å². The number of nitrogens with zero attached hydrogens (tertiary/aromatic N) is 4. The molecular weight excluding hydrogens is 378 g/mol. The molecule has 1 fully saturated rings. The molecule has 0 atom stereocenters. The maximum absolute atomic E-state index is 12.6. The van der Waals surface area contributed by atoms with Crippen molar-refractivity contribution in [3.05, 3.63) is 78.1 Å². The first-order valence-electron chi connectivity index (χ1n) is 9.90. The number of hydrogen-bond donors (Lipinski definition) is 1. The van der Waals surface area contributed by atoms with Crippen LogP contribution in [0.4, 0.5) is 10.5 Å². The Bertz CT molecular complexity index is 1030. The van der Waals surface area contributed by atoms with Crippen molar-refractivity contribution in [3.8, 4) is 11.4 Å². The first-order valence-corrected chi connectivity index (χ1v) is 9.90. The number of rotatable bonds is 3. The lowest BCUT2D eigenvalue weighted by atomic mass is 10.2. The molecule has 0 bridgehead atoms. The number of aromatic nitrogens is 2. The van der Waals surface area contributed by atoms with E-state index in [9.17, 15) is 9.59 Å². The van der Waals surface area contributed by atoms with Crippen LogP contribution in [-0.2, 0) is 0 Å². The fourth-order valence-electron chi connectivity index (χ4n) is 3.37. The van der Waals surface area contributed by atoms with Gasteiger partial charge >= 0.3 is 6.03 Å². The number of amides is 3. The Balaban J connectivity index is 1.32. The Hall–Kier alpha value is -3.74. The highest BCUT2D eigenvalue weighted by atomic mass is 16.2. The largest absolute Gasteiger partial charge is 0.335 e. The molecular formula is C23H23N5O2. The van der Waals surface area contributed by atoms with Crippen molar-refractivity contribution in [1.82, 2.24) is 19.8 Å². The predicted molar refractivity (Wildman–Crippen MR) is 115 cm³/mol. The standard InChI is InChI=1S/C23H23N5O2/c1-17-11-12-24-21(25-17)18-7-9-20(10-8-18)26-23(30)28-15-13-27(14-16-28)22(29)19-5-3-2-4-6-19/h2-12H,13-16H2,1H3,(H,26,30). The highest BCUT2D eigenvalue weighted by Gasteiger charge is 2.24. The van der Waals surface area contributed by atoms with Gasteiger partial charge in [0.05, 0.1) is 0 Å². The van der Waals surface area contributed by atoms with Crippen molar-refractivity contribution in [3.63, 3.8) is 0 Å². The molecule has 1 saturated heterocycles. The molecule has 4 rings (SSSR count). The highest BCUT2D eigenvalue weighted by Crippen LogP contribution is 2.18. The van der Waals surface area contributed by atoms with Crippen LogP contribution in [0, 0.1) is 6.92 Å². The molecule has 0 aliphatic carbocycles. The van der Waals surface area contributed by atoms with Crippen molar-refractivity contribution in [1.29, 1.82) is 0 Å². The molecule has 3 amide bonds. The lowest BCUT2D eigenvalue weighted by molar-refractivity contribution is 0.0671. The number of hydrogen-bond acceptors (Lipinski definition) is 4. The van der Waals surface area contributed by atoms with Gasteiger partial charge in [0.25, 0.3) is 5.91 Å². The van der Waals surface area contributed by atoms with Gasteiger partial charge in [0, 0.05) is 54.9 Å². The van der Waals surface area contributed by atoms with E-state index >= 15 is 0 Å². The molecule has 3 aromatic rings. The van der Waals surface area contributed by atoms with Crippen LogP contribution in [0.3, 0.4) is 0 Å². The number of anilines is 1. The second-order valence-electron chi connectivity index (χ2n) is 7.17. The Labute approximate surface area is 175 Å². The van der Waals surface area contributed by atoms with Gasteiger partial charge in [0.15, 0.2) is 5.82 Å². The Morgan fingerprint density at radius 3 is 2.20 bits per heavy atom.